The molecule has 2 unspecified atom stereocenters. The van der Waals surface area contributed by atoms with Crippen molar-refractivity contribution in [2.45, 2.75) is 32.0 Å². The van der Waals surface area contributed by atoms with Crippen LogP contribution in [0.15, 0.2) is 48.5 Å². The lowest BCUT2D eigenvalue weighted by molar-refractivity contribution is -0.123. The first-order valence-corrected chi connectivity index (χ1v) is 8.13. The van der Waals surface area contributed by atoms with Gasteiger partial charge < -0.3 is 20.5 Å². The van der Waals surface area contributed by atoms with Gasteiger partial charge in [-0.2, -0.15) is 0 Å². The van der Waals surface area contributed by atoms with E-state index in [0.29, 0.717) is 19.5 Å². The molecule has 5 heteroatoms. The van der Waals surface area contributed by atoms with E-state index < -0.39 is 6.10 Å². The summed E-state index contributed by atoms with van der Waals surface area (Å²) in [6.45, 7) is 2.85. The van der Waals surface area contributed by atoms with Crippen LogP contribution in [0.4, 0.5) is 0 Å². The normalized spacial score (nSPS) is 19.9. The summed E-state index contributed by atoms with van der Waals surface area (Å²) in [4.78, 5) is 12.2. The van der Waals surface area contributed by atoms with E-state index in [4.69, 9.17) is 4.74 Å². The fraction of sp³-hybridized carbons (Fsp3) is 0.316. The summed E-state index contributed by atoms with van der Waals surface area (Å²) in [5.41, 5.74) is 2.01. The highest BCUT2D eigenvalue weighted by Crippen LogP contribution is 2.26. The molecule has 2 aromatic rings. The van der Waals surface area contributed by atoms with Gasteiger partial charge >= 0.3 is 0 Å². The number of aryl methyl sites for hydroxylation is 1. The van der Waals surface area contributed by atoms with Gasteiger partial charge in [0.1, 0.15) is 11.5 Å². The van der Waals surface area contributed by atoms with Crippen molar-refractivity contribution in [1.82, 2.24) is 10.6 Å². The molecule has 0 bridgehead atoms. The van der Waals surface area contributed by atoms with E-state index in [9.17, 15) is 9.90 Å². The van der Waals surface area contributed by atoms with Gasteiger partial charge in [-0.05, 0) is 37.1 Å². The van der Waals surface area contributed by atoms with E-state index in [1.807, 2.05) is 55.5 Å². The molecule has 1 saturated heterocycles. The first kappa shape index (κ1) is 16.5. The summed E-state index contributed by atoms with van der Waals surface area (Å²) in [7, 11) is 0. The smallest absolute Gasteiger partial charge is 0.237 e. The van der Waals surface area contributed by atoms with E-state index >= 15 is 0 Å². The summed E-state index contributed by atoms with van der Waals surface area (Å²) < 4.78 is 5.96. The molecule has 24 heavy (non-hydrogen) atoms. The molecule has 1 heterocycles. The van der Waals surface area contributed by atoms with Crippen LogP contribution in [0, 0.1) is 6.92 Å². The molecule has 0 aromatic heterocycles. The number of amides is 1. The molecule has 1 aliphatic rings. The number of para-hydroxylation sites is 1. The third kappa shape index (κ3) is 4.13. The van der Waals surface area contributed by atoms with Crippen molar-refractivity contribution in [2.75, 3.05) is 6.54 Å². The van der Waals surface area contributed by atoms with Gasteiger partial charge in [0.05, 0.1) is 12.1 Å². The fourth-order valence-corrected chi connectivity index (χ4v) is 2.74. The van der Waals surface area contributed by atoms with Gasteiger partial charge in [0.2, 0.25) is 5.91 Å². The van der Waals surface area contributed by atoms with Gasteiger partial charge in [0.25, 0.3) is 0 Å². The van der Waals surface area contributed by atoms with E-state index in [2.05, 4.69) is 10.6 Å². The number of benzene rings is 2. The highest BCUT2D eigenvalue weighted by atomic mass is 16.5. The van der Waals surface area contributed by atoms with Crippen LogP contribution in [0.2, 0.25) is 0 Å². The molecule has 3 rings (SSSR count). The Labute approximate surface area is 141 Å². The van der Waals surface area contributed by atoms with E-state index in [1.165, 1.54) is 0 Å². The zero-order valence-electron chi connectivity index (χ0n) is 13.7. The maximum atomic E-state index is 12.2. The minimum absolute atomic E-state index is 0.0993. The van der Waals surface area contributed by atoms with Gasteiger partial charge in [-0.1, -0.05) is 30.3 Å². The minimum Gasteiger partial charge on any atom is -0.457 e. The average molecular weight is 326 g/mol. The number of hydrogen-bond acceptors (Lipinski definition) is 4. The van der Waals surface area contributed by atoms with Crippen molar-refractivity contribution < 1.29 is 14.6 Å². The quantitative estimate of drug-likeness (QED) is 0.787. The highest BCUT2D eigenvalue weighted by Gasteiger charge is 2.27. The van der Waals surface area contributed by atoms with Gasteiger partial charge in [0, 0.05) is 18.7 Å². The van der Waals surface area contributed by atoms with Crippen molar-refractivity contribution in [2.24, 2.45) is 0 Å². The molecule has 0 saturated carbocycles. The van der Waals surface area contributed by atoms with Gasteiger partial charge in [-0.3, -0.25) is 4.79 Å². The van der Waals surface area contributed by atoms with Gasteiger partial charge in [-0.25, -0.2) is 0 Å². The van der Waals surface area contributed by atoms with Crippen molar-refractivity contribution in [3.63, 3.8) is 0 Å². The Morgan fingerprint density at radius 2 is 2.08 bits per heavy atom. The van der Waals surface area contributed by atoms with Crippen LogP contribution < -0.4 is 15.4 Å². The Kier molecular flexibility index (Phi) is 5.13. The molecular formula is C19H22N2O3. The maximum absolute atomic E-state index is 12.2. The standard InChI is InChI=1S/C19H22N2O3/c1-13-7-8-14(11-21-19(23)17-10-15(22)12-20-17)18(9-13)24-16-5-3-2-4-6-16/h2-9,15,17,20,22H,10-12H2,1H3,(H,21,23). The molecule has 1 fully saturated rings. The van der Waals surface area contributed by atoms with Crippen LogP contribution >= 0.6 is 0 Å². The molecule has 0 radical (unpaired) electrons. The molecule has 2 aromatic carbocycles. The molecule has 5 nitrogen and oxygen atoms in total. The number of carbonyl (C=O) groups is 1. The van der Waals surface area contributed by atoms with E-state index in [1.54, 1.807) is 0 Å². The molecule has 1 amide bonds. The number of β-amino-alcohol motifs (C(OH)–C–C–N with tert-alkyl or cyclic N) is 1. The summed E-state index contributed by atoms with van der Waals surface area (Å²) >= 11 is 0. The molecule has 3 N–H and O–H groups in total. The first-order valence-electron chi connectivity index (χ1n) is 8.13. The minimum atomic E-state index is -0.447. The molecule has 0 spiro atoms. The topological polar surface area (TPSA) is 70.6 Å². The Morgan fingerprint density at radius 1 is 1.29 bits per heavy atom. The van der Waals surface area contributed by atoms with Crippen molar-refractivity contribution in [1.29, 1.82) is 0 Å². The molecule has 126 valence electrons. The summed E-state index contributed by atoms with van der Waals surface area (Å²) in [6, 6.07) is 15.2. The number of ether oxygens (including phenoxy) is 1. The summed E-state index contributed by atoms with van der Waals surface area (Å²) in [6.07, 6.45) is 0.00436. The monoisotopic (exact) mass is 326 g/mol. The number of rotatable bonds is 5. The van der Waals surface area contributed by atoms with Crippen LogP contribution in [-0.4, -0.2) is 29.7 Å². The Morgan fingerprint density at radius 3 is 2.79 bits per heavy atom. The fourth-order valence-electron chi connectivity index (χ4n) is 2.74. The summed E-state index contributed by atoms with van der Waals surface area (Å²) in [5.74, 6) is 1.40. The van der Waals surface area contributed by atoms with Gasteiger partial charge in [-0.15, -0.1) is 0 Å². The summed E-state index contributed by atoms with van der Waals surface area (Å²) in [5, 5.41) is 15.4. The third-order valence-electron chi connectivity index (χ3n) is 4.07. The van der Waals surface area contributed by atoms with Crippen molar-refractivity contribution >= 4 is 5.91 Å². The Hall–Kier alpha value is -2.37. The second kappa shape index (κ2) is 7.47. The predicted octanol–water partition coefficient (Wildman–Crippen LogP) is 2.13. The number of nitrogens with one attached hydrogen (secondary N) is 2. The maximum Gasteiger partial charge on any atom is 0.237 e. The number of hydrogen-bond donors (Lipinski definition) is 3. The SMILES string of the molecule is Cc1ccc(CNC(=O)C2CC(O)CN2)c(Oc2ccccc2)c1. The predicted molar refractivity (Wildman–Crippen MR) is 92.0 cm³/mol. The first-order chi connectivity index (χ1) is 11.6. The van der Waals surface area contributed by atoms with E-state index in [-0.39, 0.29) is 11.9 Å². The molecule has 0 aliphatic carbocycles. The Bertz CT molecular complexity index is 703. The van der Waals surface area contributed by atoms with Gasteiger partial charge in [0.15, 0.2) is 0 Å². The van der Waals surface area contributed by atoms with Crippen LogP contribution in [0.3, 0.4) is 0 Å². The lowest BCUT2D eigenvalue weighted by Gasteiger charge is -2.15. The zero-order valence-corrected chi connectivity index (χ0v) is 13.7. The largest absolute Gasteiger partial charge is 0.457 e. The van der Waals surface area contributed by atoms with Crippen LogP contribution in [-0.2, 0) is 11.3 Å². The van der Waals surface area contributed by atoms with Crippen LogP contribution in [0.25, 0.3) is 0 Å². The van der Waals surface area contributed by atoms with E-state index in [0.717, 1.165) is 22.6 Å². The molecule has 1 aliphatic heterocycles. The third-order valence-corrected chi connectivity index (χ3v) is 4.07. The van der Waals surface area contributed by atoms with Crippen molar-refractivity contribution in [3.8, 4) is 11.5 Å². The van der Waals surface area contributed by atoms with Crippen LogP contribution in [0.1, 0.15) is 17.5 Å². The number of aliphatic hydroxyl groups is 1. The molecular weight excluding hydrogens is 304 g/mol. The lowest BCUT2D eigenvalue weighted by atomic mass is 10.1. The second-order valence-corrected chi connectivity index (χ2v) is 6.09. The Balaban J connectivity index is 1.67. The number of carbonyl (C=O) groups excluding carboxylic acids is 1. The lowest BCUT2D eigenvalue weighted by Crippen LogP contribution is -2.40. The number of aliphatic hydroxyl groups excluding tert-OH is 1. The average Bonchev–Trinajstić information content (AvgIpc) is 3.01. The zero-order chi connectivity index (χ0) is 16.9. The second-order valence-electron chi connectivity index (χ2n) is 6.09. The van der Waals surface area contributed by atoms with Crippen molar-refractivity contribution in [3.05, 3.63) is 59.7 Å². The van der Waals surface area contributed by atoms with Crippen LogP contribution in [0.5, 0.6) is 11.5 Å². The highest BCUT2D eigenvalue weighted by molar-refractivity contribution is 5.82. The molecule has 2 atom stereocenters.